The Balaban J connectivity index is 1.27. The SMILES string of the molecule is [B]c1c([B])c([B])c2c(-c3ccc4cc(-n5c(C([B])([B])C([B])([B])[B])nc6ccccc65)ccc4c3)c3c([B])c([B])c([B])c([B])c3c(-c3ccc4c(c3)C(C)(C)c3ccccc3-4)c2c1[B]. The Hall–Kier alpha value is -5.15. The van der Waals surface area contributed by atoms with E-state index in [4.69, 9.17) is 107 Å². The van der Waals surface area contributed by atoms with Crippen LogP contribution in [0.1, 0.15) is 30.8 Å². The predicted molar refractivity (Wildman–Crippen MR) is 278 cm³/mol. The maximum atomic E-state index is 7.08. The highest BCUT2D eigenvalue weighted by Gasteiger charge is 2.38. The van der Waals surface area contributed by atoms with Crippen molar-refractivity contribution in [1.29, 1.82) is 0 Å². The summed E-state index contributed by atoms with van der Waals surface area (Å²) >= 11 is 0. The zero-order valence-corrected chi connectivity index (χ0v) is 34.7. The van der Waals surface area contributed by atoms with Gasteiger partial charge in [-0.1, -0.05) is 108 Å². The van der Waals surface area contributed by atoms with Gasteiger partial charge in [-0.3, -0.25) is 4.57 Å². The molecule has 1 heterocycles. The lowest BCUT2D eigenvalue weighted by molar-refractivity contribution is 0.660. The zero-order chi connectivity index (χ0) is 44.8. The summed E-state index contributed by atoms with van der Waals surface area (Å²) in [5, 5.41) is -0.107. The van der Waals surface area contributed by atoms with Crippen LogP contribution in [0.2, 0.25) is 5.11 Å². The van der Waals surface area contributed by atoms with Crippen molar-refractivity contribution < 1.29 is 0 Å². The van der Waals surface area contributed by atoms with Crippen molar-refractivity contribution >= 4 is 189 Å². The second-order valence-electron chi connectivity index (χ2n) is 17.3. The van der Waals surface area contributed by atoms with Crippen molar-refractivity contribution in [3.63, 3.8) is 0 Å². The standard InChI is InChI=1S/C48H23B13N2/c1-46(2)27-8-4-3-7-25(27)26-16-14-23(19-28(26)46)32-35-33(37(49)41(53)43(55)39(35)51)31(34-36(32)40(52)44(56)42(54)38(34)50)22-12-11-21-18-24(15-13-20(21)17-22)63-30-10-6-5-9-29(30)62-45(63)47(57,58)48(59,60)61/h3-19H,1-2H3. The highest BCUT2D eigenvalue weighted by molar-refractivity contribution is 6.71. The fourth-order valence-corrected chi connectivity index (χ4v) is 9.67. The second-order valence-corrected chi connectivity index (χ2v) is 17.3. The maximum absolute atomic E-state index is 7.08. The largest absolute Gasteiger partial charge is 0.297 e. The minimum absolute atomic E-state index is 0.133. The molecule has 0 spiro atoms. The van der Waals surface area contributed by atoms with Crippen molar-refractivity contribution in [2.24, 2.45) is 0 Å². The normalized spacial score (nSPS) is 13.6. The molecule has 0 amide bonds. The highest BCUT2D eigenvalue weighted by atomic mass is 15.1. The molecule has 15 heteroatoms. The average molecular weight is 768 g/mol. The first-order chi connectivity index (χ1) is 29.7. The van der Waals surface area contributed by atoms with Crippen LogP contribution < -0.4 is 43.7 Å². The Bertz CT molecular complexity index is 3410. The number of fused-ring (bicyclic) bond motifs is 7. The fourth-order valence-electron chi connectivity index (χ4n) is 9.67. The summed E-state index contributed by atoms with van der Waals surface area (Å²) in [6, 6.07) is 34.0. The van der Waals surface area contributed by atoms with Gasteiger partial charge in [0.1, 0.15) is 68.6 Å². The third kappa shape index (κ3) is 5.86. The van der Waals surface area contributed by atoms with Crippen molar-refractivity contribution in [1.82, 2.24) is 9.55 Å². The van der Waals surface area contributed by atoms with E-state index < -0.39 is 10.3 Å². The van der Waals surface area contributed by atoms with E-state index in [2.05, 4.69) is 50.2 Å². The van der Waals surface area contributed by atoms with Crippen LogP contribution in [0.3, 0.4) is 0 Å². The molecular formula is C48H23B13N2. The van der Waals surface area contributed by atoms with E-state index in [1.807, 2.05) is 66.7 Å². The van der Waals surface area contributed by atoms with Gasteiger partial charge in [-0.2, -0.15) is 0 Å². The maximum Gasteiger partial charge on any atom is 0.113 e. The van der Waals surface area contributed by atoms with Crippen LogP contribution in [0.4, 0.5) is 0 Å². The van der Waals surface area contributed by atoms with Crippen molar-refractivity contribution in [3.05, 3.63) is 120 Å². The van der Waals surface area contributed by atoms with E-state index in [0.717, 1.165) is 33.0 Å². The molecule has 63 heavy (non-hydrogen) atoms. The van der Waals surface area contributed by atoms with Crippen LogP contribution in [0.15, 0.2) is 103 Å². The third-order valence-corrected chi connectivity index (χ3v) is 13.2. The summed E-state index contributed by atoms with van der Waals surface area (Å²) in [4.78, 5) is 4.73. The van der Waals surface area contributed by atoms with Crippen molar-refractivity contribution in [3.8, 4) is 39.1 Å². The Labute approximate surface area is 385 Å². The number of aromatic nitrogens is 2. The number of hydrogen-bond donors (Lipinski definition) is 0. The smallest absolute Gasteiger partial charge is 0.113 e. The average Bonchev–Trinajstić information content (AvgIpc) is 3.77. The lowest BCUT2D eigenvalue weighted by Gasteiger charge is -2.41. The van der Waals surface area contributed by atoms with Gasteiger partial charge in [-0.05, 0) is 113 Å². The van der Waals surface area contributed by atoms with Crippen LogP contribution in [0.5, 0.6) is 0 Å². The monoisotopic (exact) mass is 770 g/mol. The van der Waals surface area contributed by atoms with Gasteiger partial charge >= 0.3 is 0 Å². The van der Waals surface area contributed by atoms with E-state index in [-0.39, 0.29) is 54.9 Å². The predicted octanol–water partition coefficient (Wildman–Crippen LogP) is 0.545. The molecular weight excluding hydrogens is 745 g/mol. The van der Waals surface area contributed by atoms with Crippen molar-refractivity contribution in [2.45, 2.75) is 29.6 Å². The summed E-state index contributed by atoms with van der Waals surface area (Å²) in [5.74, 6) is 0.177. The molecule has 8 aromatic carbocycles. The summed E-state index contributed by atoms with van der Waals surface area (Å²) < 4.78 is 1.80. The number of hydrogen-bond acceptors (Lipinski definition) is 1. The van der Waals surface area contributed by atoms with Crippen LogP contribution in [-0.2, 0) is 10.6 Å². The molecule has 0 atom stereocenters. The first kappa shape index (κ1) is 41.8. The van der Waals surface area contributed by atoms with Gasteiger partial charge in [0.05, 0.1) is 50.3 Å². The molecule has 0 aliphatic heterocycles. The molecule has 0 fully saturated rings. The molecule has 26 radical (unpaired) electrons. The third-order valence-electron chi connectivity index (χ3n) is 13.2. The molecule has 0 saturated carbocycles. The molecule has 264 valence electrons. The van der Waals surface area contributed by atoms with Gasteiger partial charge in [0.2, 0.25) is 0 Å². The summed E-state index contributed by atoms with van der Waals surface area (Å²) in [6.45, 7) is 4.43. The lowest BCUT2D eigenvalue weighted by Crippen LogP contribution is -2.50. The molecule has 1 aliphatic carbocycles. The number of para-hydroxylation sites is 2. The number of imidazole rings is 1. The molecule has 10 rings (SSSR count). The summed E-state index contributed by atoms with van der Waals surface area (Å²) in [5.41, 5.74) is 10.5. The van der Waals surface area contributed by atoms with E-state index >= 15 is 0 Å². The lowest BCUT2D eigenvalue weighted by atomic mass is 9.23. The van der Waals surface area contributed by atoms with E-state index in [9.17, 15) is 0 Å². The summed E-state index contributed by atoms with van der Waals surface area (Å²) in [6.07, 6.45) is 0. The highest BCUT2D eigenvalue weighted by Crippen LogP contribution is 2.51. The Morgan fingerprint density at radius 1 is 0.476 bits per heavy atom. The van der Waals surface area contributed by atoms with E-state index in [1.54, 1.807) is 4.57 Å². The van der Waals surface area contributed by atoms with Crippen LogP contribution in [-0.4, -0.2) is 112 Å². The van der Waals surface area contributed by atoms with Gasteiger partial charge < -0.3 is 0 Å². The number of benzene rings is 8. The molecule has 1 aliphatic rings. The first-order valence-corrected chi connectivity index (χ1v) is 20.2. The van der Waals surface area contributed by atoms with Crippen LogP contribution in [0, 0.1) is 0 Å². The number of rotatable bonds is 5. The minimum atomic E-state index is -2.01. The second kappa shape index (κ2) is 14.2. The first-order valence-electron chi connectivity index (χ1n) is 20.2. The van der Waals surface area contributed by atoms with E-state index in [0.29, 0.717) is 49.4 Å². The number of nitrogens with zero attached hydrogens (tertiary/aromatic N) is 2. The van der Waals surface area contributed by atoms with Gasteiger partial charge in [0.25, 0.3) is 0 Å². The summed E-state index contributed by atoms with van der Waals surface area (Å²) in [7, 11) is 86.5. The Morgan fingerprint density at radius 3 is 1.54 bits per heavy atom. The topological polar surface area (TPSA) is 17.8 Å². The molecule has 0 unspecified atom stereocenters. The molecule has 2 nitrogen and oxygen atoms in total. The van der Waals surface area contributed by atoms with Crippen LogP contribution >= 0.6 is 0 Å². The molecule has 0 saturated heterocycles. The van der Waals surface area contributed by atoms with Gasteiger partial charge in [-0.25, -0.2) is 4.98 Å². The Morgan fingerprint density at radius 2 is 0.952 bits per heavy atom. The Kier molecular flexibility index (Phi) is 9.42. The van der Waals surface area contributed by atoms with Gasteiger partial charge in [0, 0.05) is 11.1 Å². The van der Waals surface area contributed by atoms with Gasteiger partial charge in [-0.15, -0.1) is 27.0 Å². The molecule has 0 N–H and O–H groups in total. The molecule has 9 aromatic rings. The quantitative estimate of drug-likeness (QED) is 0.185. The van der Waals surface area contributed by atoms with Gasteiger partial charge in [0.15, 0.2) is 0 Å². The fraction of sp³-hybridized carbons (Fsp3) is 0.104. The van der Waals surface area contributed by atoms with Crippen LogP contribution in [0.25, 0.3) is 82.4 Å². The van der Waals surface area contributed by atoms with E-state index in [1.165, 1.54) is 11.1 Å². The zero-order valence-electron chi connectivity index (χ0n) is 34.7. The van der Waals surface area contributed by atoms with Crippen molar-refractivity contribution in [2.75, 3.05) is 0 Å². The molecule has 1 aromatic heterocycles. The molecule has 0 bridgehead atoms. The minimum Gasteiger partial charge on any atom is -0.297 e.